The molecule has 92 valence electrons. The molecule has 2 N–H and O–H groups in total. The number of aryl methyl sites for hydroxylation is 2. The molecule has 1 aromatic rings. The van der Waals surface area contributed by atoms with E-state index in [1.165, 1.54) is 11.1 Å². The molecule has 0 bridgehead atoms. The third kappa shape index (κ3) is 1.95. The van der Waals surface area contributed by atoms with Crippen LogP contribution in [0.4, 0.5) is 0 Å². The van der Waals surface area contributed by atoms with Crippen molar-refractivity contribution in [3.05, 3.63) is 34.9 Å². The maximum Gasteiger partial charge on any atom is 0.311 e. The number of hydrogen-bond donors (Lipinski definition) is 2. The number of aliphatic carboxylic acids is 1. The van der Waals surface area contributed by atoms with Gasteiger partial charge in [0.15, 0.2) is 0 Å². The Morgan fingerprint density at radius 3 is 2.41 bits per heavy atom. The number of benzene rings is 1. The smallest absolute Gasteiger partial charge is 0.311 e. The molecule has 3 heteroatoms. The highest BCUT2D eigenvalue weighted by Gasteiger charge is 2.56. The molecule has 1 saturated carbocycles. The minimum absolute atomic E-state index is 0.0840. The van der Waals surface area contributed by atoms with Gasteiger partial charge in [0.05, 0.1) is 5.41 Å². The van der Waals surface area contributed by atoms with Crippen LogP contribution >= 0.6 is 0 Å². The fourth-order valence-corrected chi connectivity index (χ4v) is 2.47. The van der Waals surface area contributed by atoms with E-state index in [9.17, 15) is 9.90 Å². The molecular formula is C14H19NO2. The van der Waals surface area contributed by atoms with Crippen LogP contribution in [0.5, 0.6) is 0 Å². The van der Waals surface area contributed by atoms with Crippen molar-refractivity contribution < 1.29 is 9.90 Å². The van der Waals surface area contributed by atoms with Crippen LogP contribution in [-0.4, -0.2) is 18.1 Å². The molecule has 1 atom stereocenters. The van der Waals surface area contributed by atoms with Crippen molar-refractivity contribution in [1.82, 2.24) is 5.32 Å². The minimum Gasteiger partial charge on any atom is -0.481 e. The molecule has 1 aliphatic rings. The SMILES string of the molecule is CNC(c1ccc(C)c(C)c1)C1(C(=O)O)CC1. The molecule has 17 heavy (non-hydrogen) atoms. The number of carbonyl (C=O) groups is 1. The van der Waals surface area contributed by atoms with Gasteiger partial charge < -0.3 is 10.4 Å². The zero-order valence-electron chi connectivity index (χ0n) is 10.6. The first-order valence-electron chi connectivity index (χ1n) is 5.99. The average molecular weight is 233 g/mol. The monoisotopic (exact) mass is 233 g/mol. The van der Waals surface area contributed by atoms with Crippen molar-refractivity contribution in [2.75, 3.05) is 7.05 Å². The summed E-state index contributed by atoms with van der Waals surface area (Å²) in [6, 6.07) is 6.11. The summed E-state index contributed by atoms with van der Waals surface area (Å²) in [5.74, 6) is -0.685. The van der Waals surface area contributed by atoms with Gasteiger partial charge in [0.25, 0.3) is 0 Å². The van der Waals surface area contributed by atoms with Gasteiger partial charge in [-0.15, -0.1) is 0 Å². The van der Waals surface area contributed by atoms with E-state index < -0.39 is 11.4 Å². The summed E-state index contributed by atoms with van der Waals surface area (Å²) in [6.45, 7) is 4.13. The molecule has 3 nitrogen and oxygen atoms in total. The zero-order chi connectivity index (χ0) is 12.6. The first-order valence-corrected chi connectivity index (χ1v) is 5.99. The van der Waals surface area contributed by atoms with Crippen LogP contribution < -0.4 is 5.32 Å². The largest absolute Gasteiger partial charge is 0.481 e. The topological polar surface area (TPSA) is 49.3 Å². The van der Waals surface area contributed by atoms with E-state index in [0.29, 0.717) is 0 Å². The summed E-state index contributed by atoms with van der Waals surface area (Å²) >= 11 is 0. The lowest BCUT2D eigenvalue weighted by molar-refractivity contribution is -0.144. The molecule has 0 spiro atoms. The molecule has 0 heterocycles. The van der Waals surface area contributed by atoms with Crippen LogP contribution in [0.3, 0.4) is 0 Å². The number of hydrogen-bond acceptors (Lipinski definition) is 2. The Labute approximate surface area is 102 Å². The second-order valence-electron chi connectivity index (χ2n) is 5.03. The average Bonchev–Trinajstić information content (AvgIpc) is 3.06. The molecule has 1 aliphatic carbocycles. The second kappa shape index (κ2) is 4.15. The third-order valence-electron chi connectivity index (χ3n) is 3.92. The zero-order valence-corrected chi connectivity index (χ0v) is 10.6. The van der Waals surface area contributed by atoms with Crippen LogP contribution in [0, 0.1) is 19.3 Å². The molecule has 0 aromatic heterocycles. The van der Waals surface area contributed by atoms with E-state index in [-0.39, 0.29) is 6.04 Å². The van der Waals surface area contributed by atoms with Crippen molar-refractivity contribution in [3.63, 3.8) is 0 Å². The molecule has 0 amide bonds. The summed E-state index contributed by atoms with van der Waals surface area (Å²) < 4.78 is 0. The lowest BCUT2D eigenvalue weighted by atomic mass is 9.88. The molecular weight excluding hydrogens is 214 g/mol. The van der Waals surface area contributed by atoms with Crippen molar-refractivity contribution >= 4 is 5.97 Å². The van der Waals surface area contributed by atoms with E-state index >= 15 is 0 Å². The molecule has 2 rings (SSSR count). The summed E-state index contributed by atoms with van der Waals surface area (Å²) in [5.41, 5.74) is 2.94. The van der Waals surface area contributed by atoms with Crippen molar-refractivity contribution in [3.8, 4) is 0 Å². The number of carboxylic acid groups (broad SMARTS) is 1. The highest BCUT2D eigenvalue weighted by atomic mass is 16.4. The lowest BCUT2D eigenvalue weighted by Crippen LogP contribution is -2.32. The maximum atomic E-state index is 11.4. The van der Waals surface area contributed by atoms with Crippen molar-refractivity contribution in [2.24, 2.45) is 5.41 Å². The Bertz CT molecular complexity index is 450. The molecule has 1 fully saturated rings. The van der Waals surface area contributed by atoms with Gasteiger partial charge >= 0.3 is 5.97 Å². The number of carboxylic acids is 1. The van der Waals surface area contributed by atoms with Gasteiger partial charge in [-0.25, -0.2) is 0 Å². The summed E-state index contributed by atoms with van der Waals surface area (Å²) in [6.07, 6.45) is 1.53. The Kier molecular flexibility index (Phi) is 2.96. The highest BCUT2D eigenvalue weighted by Crippen LogP contribution is 2.55. The normalized spacial score (nSPS) is 18.8. The van der Waals surface area contributed by atoms with E-state index in [2.05, 4.69) is 31.3 Å². The first-order chi connectivity index (χ1) is 8.01. The van der Waals surface area contributed by atoms with Crippen LogP contribution in [0.2, 0.25) is 0 Å². The molecule has 0 radical (unpaired) electrons. The van der Waals surface area contributed by atoms with Crippen LogP contribution in [-0.2, 0) is 4.79 Å². The summed E-state index contributed by atoms with van der Waals surface area (Å²) in [4.78, 5) is 11.4. The highest BCUT2D eigenvalue weighted by molar-refractivity contribution is 5.79. The fourth-order valence-electron chi connectivity index (χ4n) is 2.47. The molecule has 1 aromatic carbocycles. The lowest BCUT2D eigenvalue weighted by Gasteiger charge is -2.24. The summed E-state index contributed by atoms with van der Waals surface area (Å²) in [7, 11) is 1.84. The van der Waals surface area contributed by atoms with Crippen molar-refractivity contribution in [2.45, 2.75) is 32.7 Å². The van der Waals surface area contributed by atoms with E-state index in [0.717, 1.165) is 18.4 Å². The Morgan fingerprint density at radius 2 is 2.00 bits per heavy atom. The van der Waals surface area contributed by atoms with Crippen LogP contribution in [0.25, 0.3) is 0 Å². The van der Waals surface area contributed by atoms with Gasteiger partial charge in [-0.3, -0.25) is 4.79 Å². The van der Waals surface area contributed by atoms with E-state index in [1.54, 1.807) is 0 Å². The number of nitrogens with one attached hydrogen (secondary N) is 1. The third-order valence-corrected chi connectivity index (χ3v) is 3.92. The standard InChI is InChI=1S/C14H19NO2/c1-9-4-5-11(8-10(9)2)12(15-3)14(6-7-14)13(16)17/h4-5,8,12,15H,6-7H2,1-3H3,(H,16,17). The summed E-state index contributed by atoms with van der Waals surface area (Å²) in [5, 5.41) is 12.5. The van der Waals surface area contributed by atoms with Gasteiger partial charge in [0.1, 0.15) is 0 Å². The molecule has 0 aliphatic heterocycles. The van der Waals surface area contributed by atoms with Gasteiger partial charge in [0.2, 0.25) is 0 Å². The van der Waals surface area contributed by atoms with Gasteiger partial charge in [-0.2, -0.15) is 0 Å². The van der Waals surface area contributed by atoms with E-state index in [1.807, 2.05) is 13.1 Å². The predicted octanol–water partition coefficient (Wildman–Crippen LogP) is 2.43. The second-order valence-corrected chi connectivity index (χ2v) is 5.03. The van der Waals surface area contributed by atoms with Gasteiger partial charge in [-0.1, -0.05) is 18.2 Å². The van der Waals surface area contributed by atoms with E-state index in [4.69, 9.17) is 0 Å². The van der Waals surface area contributed by atoms with Crippen molar-refractivity contribution in [1.29, 1.82) is 0 Å². The first kappa shape index (κ1) is 12.1. The minimum atomic E-state index is -0.685. The van der Waals surface area contributed by atoms with Crippen LogP contribution in [0.1, 0.15) is 35.6 Å². The van der Waals surface area contributed by atoms with Gasteiger partial charge in [0, 0.05) is 6.04 Å². The fraction of sp³-hybridized carbons (Fsp3) is 0.500. The quantitative estimate of drug-likeness (QED) is 0.839. The maximum absolute atomic E-state index is 11.4. The molecule has 0 saturated heterocycles. The number of rotatable bonds is 4. The Morgan fingerprint density at radius 1 is 1.35 bits per heavy atom. The Hall–Kier alpha value is -1.35. The Balaban J connectivity index is 2.36. The predicted molar refractivity (Wildman–Crippen MR) is 67.0 cm³/mol. The molecule has 1 unspecified atom stereocenters. The van der Waals surface area contributed by atoms with Crippen LogP contribution in [0.15, 0.2) is 18.2 Å². The van der Waals surface area contributed by atoms with Gasteiger partial charge in [-0.05, 0) is 50.4 Å².